The monoisotopic (exact) mass is 143 g/mol. The van der Waals surface area contributed by atoms with E-state index in [1.54, 1.807) is 0 Å². The smallest absolute Gasteiger partial charge is 0.180 e. The fourth-order valence-electron chi connectivity index (χ4n) is 0.904. The molecule has 58 valence electrons. The van der Waals surface area contributed by atoms with Crippen molar-refractivity contribution in [2.45, 2.75) is 31.9 Å². The predicted molar refractivity (Wildman–Crippen MR) is 37.6 cm³/mol. The van der Waals surface area contributed by atoms with Gasteiger partial charge in [-0.2, -0.15) is 0 Å². The molecule has 10 heavy (non-hydrogen) atoms. The topological polar surface area (TPSA) is 55.6 Å². The molecule has 2 atom stereocenters. The van der Waals surface area contributed by atoms with Crippen LogP contribution in [0.4, 0.5) is 0 Å². The molecule has 1 aliphatic heterocycles. The molecule has 0 aromatic rings. The SMILES string of the molecule is CCC[C@@H](N)C(=O)C1CO1. The molecule has 0 bridgehead atoms. The van der Waals surface area contributed by atoms with Crippen LogP contribution in [0.1, 0.15) is 19.8 Å². The number of ketones is 1. The molecule has 2 N–H and O–H groups in total. The maximum absolute atomic E-state index is 11.0. The maximum atomic E-state index is 11.0. The van der Waals surface area contributed by atoms with Gasteiger partial charge in [0.05, 0.1) is 12.6 Å². The summed E-state index contributed by atoms with van der Waals surface area (Å²) in [5.74, 6) is 0.0712. The first-order valence-corrected chi connectivity index (χ1v) is 3.66. The lowest BCUT2D eigenvalue weighted by Gasteiger charge is -2.05. The molecule has 0 aromatic heterocycles. The quantitative estimate of drug-likeness (QED) is 0.567. The molecule has 0 radical (unpaired) electrons. The molecule has 0 saturated carbocycles. The first-order chi connectivity index (χ1) is 4.75. The van der Waals surface area contributed by atoms with E-state index in [9.17, 15) is 4.79 Å². The molecule has 1 saturated heterocycles. The highest BCUT2D eigenvalue weighted by Gasteiger charge is 2.34. The molecule has 1 fully saturated rings. The summed E-state index contributed by atoms with van der Waals surface area (Å²) in [6.07, 6.45) is 1.57. The summed E-state index contributed by atoms with van der Waals surface area (Å²) in [7, 11) is 0. The van der Waals surface area contributed by atoms with Crippen LogP contribution in [-0.4, -0.2) is 24.5 Å². The third-order valence-electron chi connectivity index (χ3n) is 1.62. The Kier molecular flexibility index (Phi) is 2.40. The zero-order valence-electron chi connectivity index (χ0n) is 6.17. The second kappa shape index (κ2) is 3.12. The van der Waals surface area contributed by atoms with Crippen LogP contribution >= 0.6 is 0 Å². The van der Waals surface area contributed by atoms with Gasteiger partial charge in [0.25, 0.3) is 0 Å². The summed E-state index contributed by atoms with van der Waals surface area (Å²) < 4.78 is 4.81. The van der Waals surface area contributed by atoms with Gasteiger partial charge in [-0.3, -0.25) is 4.79 Å². The third-order valence-corrected chi connectivity index (χ3v) is 1.62. The van der Waals surface area contributed by atoms with Crippen LogP contribution in [0.5, 0.6) is 0 Å². The zero-order chi connectivity index (χ0) is 7.56. The number of rotatable bonds is 4. The number of ether oxygens (including phenoxy) is 1. The molecule has 0 amide bonds. The molecule has 3 nitrogen and oxygen atoms in total. The number of hydrogen-bond donors (Lipinski definition) is 1. The number of carbonyl (C=O) groups is 1. The summed E-state index contributed by atoms with van der Waals surface area (Å²) >= 11 is 0. The van der Waals surface area contributed by atoms with Gasteiger partial charge in [0.15, 0.2) is 5.78 Å². The van der Waals surface area contributed by atoms with Crippen LogP contribution in [0.3, 0.4) is 0 Å². The fraction of sp³-hybridized carbons (Fsp3) is 0.857. The van der Waals surface area contributed by atoms with Crippen molar-refractivity contribution < 1.29 is 9.53 Å². The van der Waals surface area contributed by atoms with Crippen LogP contribution in [0.15, 0.2) is 0 Å². The predicted octanol–water partition coefficient (Wildman–Crippen LogP) is 0.0817. The number of carbonyl (C=O) groups excluding carboxylic acids is 1. The van der Waals surface area contributed by atoms with E-state index in [4.69, 9.17) is 10.5 Å². The highest BCUT2D eigenvalue weighted by molar-refractivity contribution is 5.89. The molecule has 0 aliphatic carbocycles. The minimum atomic E-state index is -0.294. The third kappa shape index (κ3) is 1.78. The van der Waals surface area contributed by atoms with Crippen LogP contribution in [0, 0.1) is 0 Å². The number of Topliss-reactive ketones (excluding diaryl/α,β-unsaturated/α-hetero) is 1. The lowest BCUT2D eigenvalue weighted by Crippen LogP contribution is -2.33. The standard InChI is InChI=1S/C7H13NO2/c1-2-3-5(8)7(9)6-4-10-6/h5-6H,2-4,8H2,1H3/t5-,6?/m1/s1. The highest BCUT2D eigenvalue weighted by atomic mass is 16.6. The average molecular weight is 143 g/mol. The number of hydrogen-bond acceptors (Lipinski definition) is 3. The normalized spacial score (nSPS) is 26.0. The molecule has 0 aromatic carbocycles. The van der Waals surface area contributed by atoms with Crippen LogP contribution in [0.2, 0.25) is 0 Å². The Morgan fingerprint density at radius 2 is 2.50 bits per heavy atom. The largest absolute Gasteiger partial charge is 0.365 e. The van der Waals surface area contributed by atoms with Gasteiger partial charge < -0.3 is 10.5 Å². The minimum absolute atomic E-state index is 0.0712. The van der Waals surface area contributed by atoms with E-state index in [0.29, 0.717) is 6.61 Å². The van der Waals surface area contributed by atoms with Crippen LogP contribution in [-0.2, 0) is 9.53 Å². The first-order valence-electron chi connectivity index (χ1n) is 3.66. The second-order valence-electron chi connectivity index (χ2n) is 2.62. The molecule has 1 rings (SSSR count). The van der Waals surface area contributed by atoms with Crippen molar-refractivity contribution in [2.75, 3.05) is 6.61 Å². The molecule has 1 heterocycles. The van der Waals surface area contributed by atoms with Crippen molar-refractivity contribution in [1.82, 2.24) is 0 Å². The van der Waals surface area contributed by atoms with Crippen molar-refractivity contribution >= 4 is 5.78 Å². The highest BCUT2D eigenvalue weighted by Crippen LogP contribution is 2.12. The van der Waals surface area contributed by atoms with E-state index in [0.717, 1.165) is 12.8 Å². The van der Waals surface area contributed by atoms with E-state index in [2.05, 4.69) is 0 Å². The van der Waals surface area contributed by atoms with Gasteiger partial charge in [0.1, 0.15) is 6.10 Å². The second-order valence-corrected chi connectivity index (χ2v) is 2.62. The van der Waals surface area contributed by atoms with Gasteiger partial charge in [0, 0.05) is 0 Å². The molecule has 0 spiro atoms. The molecular formula is C7H13NO2. The fourth-order valence-corrected chi connectivity index (χ4v) is 0.904. The van der Waals surface area contributed by atoms with Gasteiger partial charge in [-0.25, -0.2) is 0 Å². The zero-order valence-corrected chi connectivity index (χ0v) is 6.17. The first kappa shape index (κ1) is 7.69. The molecular weight excluding hydrogens is 130 g/mol. The molecule has 1 aliphatic rings. The van der Waals surface area contributed by atoms with Gasteiger partial charge in [-0.1, -0.05) is 13.3 Å². The number of epoxide rings is 1. The van der Waals surface area contributed by atoms with Crippen molar-refractivity contribution in [2.24, 2.45) is 5.73 Å². The Bertz CT molecular complexity index is 132. The van der Waals surface area contributed by atoms with Gasteiger partial charge in [-0.05, 0) is 6.42 Å². The van der Waals surface area contributed by atoms with E-state index in [1.807, 2.05) is 6.92 Å². The summed E-state index contributed by atoms with van der Waals surface area (Å²) in [5.41, 5.74) is 5.54. The lowest BCUT2D eigenvalue weighted by atomic mass is 10.1. The number of nitrogens with two attached hydrogens (primary N) is 1. The van der Waals surface area contributed by atoms with E-state index < -0.39 is 0 Å². The van der Waals surface area contributed by atoms with Crippen LogP contribution in [0.25, 0.3) is 0 Å². The Hall–Kier alpha value is -0.410. The van der Waals surface area contributed by atoms with Crippen molar-refractivity contribution in [3.63, 3.8) is 0 Å². The summed E-state index contributed by atoms with van der Waals surface area (Å²) in [4.78, 5) is 11.0. The van der Waals surface area contributed by atoms with E-state index in [-0.39, 0.29) is 17.9 Å². The van der Waals surface area contributed by atoms with Crippen molar-refractivity contribution in [3.8, 4) is 0 Å². The van der Waals surface area contributed by atoms with E-state index >= 15 is 0 Å². The average Bonchev–Trinajstić information content (AvgIpc) is 2.68. The van der Waals surface area contributed by atoms with E-state index in [1.165, 1.54) is 0 Å². The Morgan fingerprint density at radius 3 is 2.90 bits per heavy atom. The molecule has 3 heteroatoms. The molecule has 1 unspecified atom stereocenters. The Morgan fingerprint density at radius 1 is 1.90 bits per heavy atom. The Balaban J connectivity index is 2.24. The van der Waals surface area contributed by atoms with Crippen molar-refractivity contribution in [3.05, 3.63) is 0 Å². The summed E-state index contributed by atoms with van der Waals surface area (Å²) in [6.45, 7) is 2.59. The van der Waals surface area contributed by atoms with Gasteiger partial charge in [-0.15, -0.1) is 0 Å². The maximum Gasteiger partial charge on any atom is 0.180 e. The van der Waals surface area contributed by atoms with Crippen molar-refractivity contribution in [1.29, 1.82) is 0 Å². The Labute approximate surface area is 60.5 Å². The minimum Gasteiger partial charge on any atom is -0.365 e. The summed E-state index contributed by atoms with van der Waals surface area (Å²) in [5, 5.41) is 0. The van der Waals surface area contributed by atoms with Gasteiger partial charge in [0.2, 0.25) is 0 Å². The lowest BCUT2D eigenvalue weighted by molar-refractivity contribution is -0.121. The van der Waals surface area contributed by atoms with Crippen LogP contribution < -0.4 is 5.73 Å². The van der Waals surface area contributed by atoms with Gasteiger partial charge >= 0.3 is 0 Å². The summed E-state index contributed by atoms with van der Waals surface area (Å²) in [6, 6.07) is -0.294.